The fraction of sp³-hybridized carbons (Fsp3) is 0.312. The average Bonchev–Trinajstić information content (AvgIpc) is 3.10. The molecule has 0 fully saturated rings. The van der Waals surface area contributed by atoms with E-state index in [1.54, 1.807) is 18.3 Å². The van der Waals surface area contributed by atoms with Crippen LogP contribution >= 0.6 is 34.3 Å². The van der Waals surface area contributed by atoms with Gasteiger partial charge in [-0.25, -0.2) is 9.78 Å². The highest BCUT2D eigenvalue weighted by atomic mass is 35.5. The number of aromatic nitrogens is 2. The zero-order chi connectivity index (χ0) is 18.1. The maximum absolute atomic E-state index is 12.4. The van der Waals surface area contributed by atoms with Crippen LogP contribution in [0.25, 0.3) is 10.2 Å². The monoisotopic (exact) mass is 398 g/mol. The van der Waals surface area contributed by atoms with Gasteiger partial charge in [-0.1, -0.05) is 11.6 Å². The van der Waals surface area contributed by atoms with E-state index >= 15 is 0 Å². The minimum absolute atomic E-state index is 0.226. The number of hydrogen-bond acceptors (Lipinski definition) is 6. The summed E-state index contributed by atoms with van der Waals surface area (Å²) in [6.07, 6.45) is 0. The van der Waals surface area contributed by atoms with E-state index in [2.05, 4.69) is 9.97 Å². The summed E-state index contributed by atoms with van der Waals surface area (Å²) in [5.74, 6) is 0.147. The number of esters is 1. The molecule has 6 nitrogen and oxygen atoms in total. The number of carbonyl (C=O) groups excluding carboxylic acids is 1. The summed E-state index contributed by atoms with van der Waals surface area (Å²) in [6.45, 7) is 3.08. The maximum atomic E-state index is 12.4. The van der Waals surface area contributed by atoms with Crippen LogP contribution < -0.4 is 10.5 Å². The van der Waals surface area contributed by atoms with Crippen molar-refractivity contribution < 1.29 is 14.4 Å². The molecule has 3 rings (SSSR count). The lowest BCUT2D eigenvalue weighted by Crippen LogP contribution is -3.06. The molecule has 132 valence electrons. The van der Waals surface area contributed by atoms with Crippen LogP contribution in [-0.2, 0) is 17.8 Å². The van der Waals surface area contributed by atoms with Gasteiger partial charge in [0.25, 0.3) is 5.56 Å². The number of halogens is 1. The topological polar surface area (TPSA) is 76.5 Å². The molecule has 3 aromatic heterocycles. The number of carbonyl (C=O) groups is 1. The molecule has 1 atom stereocenters. The second kappa shape index (κ2) is 7.25. The first-order chi connectivity index (χ1) is 11.9. The lowest BCUT2D eigenvalue weighted by atomic mass is 10.2. The van der Waals surface area contributed by atoms with E-state index < -0.39 is 5.97 Å². The Balaban J connectivity index is 1.87. The Hall–Kier alpha value is -1.74. The minimum Gasteiger partial charge on any atom is -0.465 e. The van der Waals surface area contributed by atoms with Gasteiger partial charge in [0.15, 0.2) is 5.82 Å². The zero-order valence-electron chi connectivity index (χ0n) is 13.9. The highest BCUT2D eigenvalue weighted by Crippen LogP contribution is 2.27. The lowest BCUT2D eigenvalue weighted by Gasteiger charge is -2.12. The van der Waals surface area contributed by atoms with Crippen LogP contribution in [0.5, 0.6) is 0 Å². The van der Waals surface area contributed by atoms with Gasteiger partial charge >= 0.3 is 5.97 Å². The number of H-pyrrole nitrogens is 1. The molecule has 25 heavy (non-hydrogen) atoms. The molecule has 0 radical (unpaired) electrons. The summed E-state index contributed by atoms with van der Waals surface area (Å²) >= 11 is 8.69. The molecule has 2 N–H and O–H groups in total. The fourth-order valence-electron chi connectivity index (χ4n) is 2.65. The average molecular weight is 399 g/mol. The third kappa shape index (κ3) is 3.77. The van der Waals surface area contributed by atoms with Crippen LogP contribution in [-0.4, -0.2) is 30.1 Å². The minimum atomic E-state index is -0.446. The van der Waals surface area contributed by atoms with Gasteiger partial charge in [0.05, 0.1) is 28.8 Å². The Morgan fingerprint density at radius 1 is 1.36 bits per heavy atom. The number of aromatic amines is 1. The van der Waals surface area contributed by atoms with E-state index in [4.69, 9.17) is 16.3 Å². The standard InChI is InChI=1S/C16H16ClN3O3S2/c1-8-12-14(21)18-11(19-15(12)25-13(8)16(22)23-3)7-20(2)6-9-4-5-10(17)24-9/h4-5H,6-7H2,1-3H3,(H,18,19,21)/p+1. The van der Waals surface area contributed by atoms with E-state index in [0.29, 0.717) is 33.0 Å². The predicted molar refractivity (Wildman–Crippen MR) is 99.9 cm³/mol. The smallest absolute Gasteiger partial charge is 0.348 e. The number of rotatable bonds is 5. The van der Waals surface area contributed by atoms with Crippen LogP contribution in [0.2, 0.25) is 4.34 Å². The molecule has 0 aliphatic carbocycles. The number of nitrogens with zero attached hydrogens (tertiary/aromatic N) is 1. The SMILES string of the molecule is COC(=O)c1sc2nc(C[NH+](C)Cc3ccc(Cl)s3)[nH]c(=O)c2c1C. The third-order valence-corrected chi connectivity index (χ3v) is 6.19. The molecule has 0 aliphatic heterocycles. The van der Waals surface area contributed by atoms with Crippen molar-refractivity contribution in [3.63, 3.8) is 0 Å². The molecule has 3 aromatic rings. The summed E-state index contributed by atoms with van der Waals surface area (Å²) in [5, 5.41) is 0.455. The molecular weight excluding hydrogens is 382 g/mol. The number of methoxy groups -OCH3 is 1. The molecule has 0 aromatic carbocycles. The van der Waals surface area contributed by atoms with Crippen molar-refractivity contribution in [2.24, 2.45) is 0 Å². The Morgan fingerprint density at radius 2 is 2.12 bits per heavy atom. The van der Waals surface area contributed by atoms with Crippen LogP contribution in [0.4, 0.5) is 0 Å². The molecule has 0 aliphatic rings. The molecule has 3 heterocycles. The Morgan fingerprint density at radius 3 is 2.76 bits per heavy atom. The Bertz CT molecular complexity index is 992. The van der Waals surface area contributed by atoms with Gasteiger partial charge in [-0.3, -0.25) is 4.79 Å². The number of aryl methyl sites for hydroxylation is 1. The van der Waals surface area contributed by atoms with Crippen molar-refractivity contribution in [1.29, 1.82) is 0 Å². The van der Waals surface area contributed by atoms with Crippen LogP contribution in [0.1, 0.15) is 25.9 Å². The van der Waals surface area contributed by atoms with Crippen molar-refractivity contribution in [3.8, 4) is 0 Å². The molecule has 0 spiro atoms. The summed E-state index contributed by atoms with van der Waals surface area (Å²) in [7, 11) is 3.35. The third-order valence-electron chi connectivity index (χ3n) is 3.79. The first kappa shape index (κ1) is 18.1. The van der Waals surface area contributed by atoms with E-state index in [0.717, 1.165) is 10.9 Å². The number of ether oxygens (including phenoxy) is 1. The molecule has 0 saturated carbocycles. The van der Waals surface area contributed by atoms with Gasteiger partial charge in [0.2, 0.25) is 0 Å². The van der Waals surface area contributed by atoms with Crippen molar-refractivity contribution in [2.75, 3.05) is 14.2 Å². The molecular formula is C16H17ClN3O3S2+. The van der Waals surface area contributed by atoms with Crippen LogP contribution in [0.3, 0.4) is 0 Å². The molecule has 0 bridgehead atoms. The normalized spacial score (nSPS) is 12.5. The van der Waals surface area contributed by atoms with E-state index in [1.165, 1.54) is 28.2 Å². The zero-order valence-corrected chi connectivity index (χ0v) is 16.3. The molecule has 0 amide bonds. The van der Waals surface area contributed by atoms with Gasteiger partial charge in [0.1, 0.15) is 22.8 Å². The van der Waals surface area contributed by atoms with E-state index in [-0.39, 0.29) is 5.56 Å². The first-order valence-corrected chi connectivity index (χ1v) is 9.56. The van der Waals surface area contributed by atoms with Gasteiger partial charge in [-0.15, -0.1) is 22.7 Å². The van der Waals surface area contributed by atoms with Crippen LogP contribution in [0.15, 0.2) is 16.9 Å². The Labute approximate surface area is 157 Å². The number of fused-ring (bicyclic) bond motifs is 1. The van der Waals surface area contributed by atoms with Crippen molar-refractivity contribution >= 4 is 50.5 Å². The van der Waals surface area contributed by atoms with Gasteiger partial charge in [-0.05, 0) is 24.6 Å². The Kier molecular flexibility index (Phi) is 5.24. The highest BCUT2D eigenvalue weighted by molar-refractivity contribution is 7.20. The quantitative estimate of drug-likeness (QED) is 0.644. The number of quaternary nitrogens is 1. The van der Waals surface area contributed by atoms with Gasteiger partial charge in [-0.2, -0.15) is 0 Å². The summed E-state index contributed by atoms with van der Waals surface area (Å²) in [4.78, 5) is 34.9. The molecule has 1 unspecified atom stereocenters. The fourth-order valence-corrected chi connectivity index (χ4v) is 4.97. The highest BCUT2D eigenvalue weighted by Gasteiger charge is 2.20. The van der Waals surface area contributed by atoms with E-state index in [9.17, 15) is 9.59 Å². The molecule has 9 heteroatoms. The predicted octanol–water partition coefficient (Wildman–Crippen LogP) is 2.01. The summed E-state index contributed by atoms with van der Waals surface area (Å²) in [5.41, 5.74) is 0.386. The second-order valence-electron chi connectivity index (χ2n) is 5.76. The van der Waals surface area contributed by atoms with Crippen molar-refractivity contribution in [2.45, 2.75) is 20.0 Å². The maximum Gasteiger partial charge on any atom is 0.348 e. The van der Waals surface area contributed by atoms with Crippen molar-refractivity contribution in [1.82, 2.24) is 9.97 Å². The van der Waals surface area contributed by atoms with Crippen molar-refractivity contribution in [3.05, 3.63) is 48.0 Å². The number of hydrogen-bond donors (Lipinski definition) is 2. The number of thiophene rings is 2. The summed E-state index contributed by atoms with van der Waals surface area (Å²) < 4.78 is 5.53. The second-order valence-corrected chi connectivity index (χ2v) is 8.56. The van der Waals surface area contributed by atoms with Gasteiger partial charge in [0, 0.05) is 0 Å². The largest absolute Gasteiger partial charge is 0.465 e. The number of nitrogens with one attached hydrogen (secondary N) is 2. The van der Waals surface area contributed by atoms with Gasteiger partial charge < -0.3 is 14.6 Å². The van der Waals surface area contributed by atoms with E-state index in [1.807, 2.05) is 19.2 Å². The first-order valence-electron chi connectivity index (χ1n) is 7.55. The lowest BCUT2D eigenvalue weighted by molar-refractivity contribution is -0.908. The van der Waals surface area contributed by atoms with Crippen LogP contribution in [0, 0.1) is 6.92 Å². The molecule has 0 saturated heterocycles. The summed E-state index contributed by atoms with van der Waals surface area (Å²) in [6, 6.07) is 3.88.